The second-order valence-corrected chi connectivity index (χ2v) is 8.25. The van der Waals surface area contributed by atoms with Gasteiger partial charge in [-0.1, -0.05) is 38.1 Å². The number of rotatable bonds is 4. The van der Waals surface area contributed by atoms with Crippen molar-refractivity contribution in [3.63, 3.8) is 0 Å². The van der Waals surface area contributed by atoms with Gasteiger partial charge in [-0.15, -0.1) is 0 Å². The molecule has 0 radical (unpaired) electrons. The normalized spacial score (nSPS) is 26.5. The Bertz CT molecular complexity index is 588. The van der Waals surface area contributed by atoms with Gasteiger partial charge in [-0.05, 0) is 62.7 Å². The number of nitrogens with one attached hydrogen (secondary N) is 2. The molecular formula is C20H31N3O. The highest BCUT2D eigenvalue weighted by Gasteiger charge is 2.35. The molecule has 1 aromatic rings. The molecular weight excluding hydrogens is 298 g/mol. The Kier molecular flexibility index (Phi) is 4.86. The average Bonchev–Trinajstić information content (AvgIpc) is 2.55. The third kappa shape index (κ3) is 3.75. The molecule has 3 aliphatic rings. The fraction of sp³-hybridized carbons (Fsp3) is 0.650. The summed E-state index contributed by atoms with van der Waals surface area (Å²) in [5.41, 5.74) is 2.07. The Morgan fingerprint density at radius 1 is 1.25 bits per heavy atom. The number of hydrogen-bond acceptors (Lipinski definition) is 2. The number of carbonyl (C=O) groups is 1. The van der Waals surface area contributed by atoms with Gasteiger partial charge in [-0.25, -0.2) is 4.79 Å². The van der Waals surface area contributed by atoms with E-state index in [2.05, 4.69) is 67.5 Å². The van der Waals surface area contributed by atoms with Crippen molar-refractivity contribution in [3.8, 4) is 0 Å². The standard InChI is InChI=1S/C20H31N3O/c1-14(2)16-6-5-7-17(12-16)20(3,4)22-19(24)21-18-13-23-10-8-15(18)9-11-23/h5-7,12,14-15,18H,8-11,13H2,1-4H3,(H2,21,22,24). The van der Waals surface area contributed by atoms with E-state index in [9.17, 15) is 4.79 Å². The van der Waals surface area contributed by atoms with Crippen molar-refractivity contribution >= 4 is 6.03 Å². The molecule has 2 N–H and O–H groups in total. The van der Waals surface area contributed by atoms with E-state index in [1.165, 1.54) is 31.5 Å². The highest BCUT2D eigenvalue weighted by Crippen LogP contribution is 2.28. The number of benzene rings is 1. The van der Waals surface area contributed by atoms with Crippen molar-refractivity contribution in [1.82, 2.24) is 15.5 Å². The van der Waals surface area contributed by atoms with Gasteiger partial charge in [-0.3, -0.25) is 0 Å². The fourth-order valence-corrected chi connectivity index (χ4v) is 3.98. The average molecular weight is 329 g/mol. The van der Waals surface area contributed by atoms with Crippen LogP contribution in [-0.4, -0.2) is 36.6 Å². The van der Waals surface area contributed by atoms with Gasteiger partial charge >= 0.3 is 6.03 Å². The molecule has 132 valence electrons. The number of piperidine rings is 3. The molecule has 2 amide bonds. The van der Waals surface area contributed by atoms with Crippen LogP contribution >= 0.6 is 0 Å². The van der Waals surface area contributed by atoms with E-state index >= 15 is 0 Å². The van der Waals surface area contributed by atoms with E-state index in [-0.39, 0.29) is 11.6 Å². The first-order valence-electron chi connectivity index (χ1n) is 9.26. The molecule has 1 aromatic carbocycles. The van der Waals surface area contributed by atoms with E-state index < -0.39 is 0 Å². The van der Waals surface area contributed by atoms with Gasteiger partial charge in [0.25, 0.3) is 0 Å². The molecule has 4 heteroatoms. The molecule has 1 unspecified atom stereocenters. The summed E-state index contributed by atoms with van der Waals surface area (Å²) in [5, 5.41) is 6.40. The van der Waals surface area contributed by atoms with Gasteiger partial charge < -0.3 is 15.5 Å². The number of urea groups is 1. The van der Waals surface area contributed by atoms with Crippen LogP contribution in [0.3, 0.4) is 0 Å². The van der Waals surface area contributed by atoms with Gasteiger partial charge in [0.2, 0.25) is 0 Å². The van der Waals surface area contributed by atoms with Crippen molar-refractivity contribution in [3.05, 3.63) is 35.4 Å². The Morgan fingerprint density at radius 2 is 1.96 bits per heavy atom. The minimum absolute atomic E-state index is 0.0475. The molecule has 2 bridgehead atoms. The van der Waals surface area contributed by atoms with Crippen LogP contribution < -0.4 is 10.6 Å². The maximum Gasteiger partial charge on any atom is 0.315 e. The van der Waals surface area contributed by atoms with Crippen LogP contribution in [0.4, 0.5) is 4.79 Å². The lowest BCUT2D eigenvalue weighted by molar-refractivity contribution is 0.0760. The first kappa shape index (κ1) is 17.3. The van der Waals surface area contributed by atoms with Crippen LogP contribution in [0.2, 0.25) is 0 Å². The fourth-order valence-electron chi connectivity index (χ4n) is 3.98. The van der Waals surface area contributed by atoms with Crippen molar-refractivity contribution < 1.29 is 4.79 Å². The Hall–Kier alpha value is -1.55. The first-order valence-corrected chi connectivity index (χ1v) is 9.26. The molecule has 4 nitrogen and oxygen atoms in total. The summed E-state index contributed by atoms with van der Waals surface area (Å²) in [5.74, 6) is 1.13. The second-order valence-electron chi connectivity index (χ2n) is 8.25. The molecule has 3 heterocycles. The predicted octanol–water partition coefficient (Wildman–Crippen LogP) is 3.44. The number of nitrogens with zero attached hydrogens (tertiary/aromatic N) is 1. The molecule has 0 saturated carbocycles. The lowest BCUT2D eigenvalue weighted by atomic mass is 9.84. The van der Waals surface area contributed by atoms with E-state index in [0.717, 1.165) is 12.1 Å². The second kappa shape index (κ2) is 6.75. The highest BCUT2D eigenvalue weighted by molar-refractivity contribution is 5.75. The van der Waals surface area contributed by atoms with E-state index in [1.54, 1.807) is 0 Å². The first-order chi connectivity index (χ1) is 11.3. The Balaban J connectivity index is 1.63. The van der Waals surface area contributed by atoms with Crippen LogP contribution in [0.25, 0.3) is 0 Å². The number of carbonyl (C=O) groups excluding carboxylic acids is 1. The number of amides is 2. The zero-order valence-corrected chi connectivity index (χ0v) is 15.4. The molecule has 3 saturated heterocycles. The zero-order valence-electron chi connectivity index (χ0n) is 15.4. The highest BCUT2D eigenvalue weighted by atomic mass is 16.2. The van der Waals surface area contributed by atoms with Gasteiger partial charge in [-0.2, -0.15) is 0 Å². The van der Waals surface area contributed by atoms with Crippen molar-refractivity contribution in [1.29, 1.82) is 0 Å². The van der Waals surface area contributed by atoms with E-state index in [0.29, 0.717) is 17.9 Å². The van der Waals surface area contributed by atoms with Crippen LogP contribution in [0.5, 0.6) is 0 Å². The summed E-state index contributed by atoms with van der Waals surface area (Å²) < 4.78 is 0. The number of hydrogen-bond donors (Lipinski definition) is 2. The van der Waals surface area contributed by atoms with Gasteiger partial charge in [0.05, 0.1) is 5.54 Å². The predicted molar refractivity (Wildman–Crippen MR) is 98.2 cm³/mol. The molecule has 24 heavy (non-hydrogen) atoms. The summed E-state index contributed by atoms with van der Waals surface area (Å²) in [7, 11) is 0. The molecule has 1 atom stereocenters. The van der Waals surface area contributed by atoms with Crippen molar-refractivity contribution in [2.75, 3.05) is 19.6 Å². The van der Waals surface area contributed by atoms with E-state index in [4.69, 9.17) is 0 Å². The lowest BCUT2D eigenvalue weighted by Crippen LogP contribution is -2.60. The summed E-state index contributed by atoms with van der Waals surface area (Å²) in [6, 6.07) is 8.79. The maximum atomic E-state index is 12.6. The third-order valence-electron chi connectivity index (χ3n) is 5.67. The van der Waals surface area contributed by atoms with Gasteiger partial charge in [0.1, 0.15) is 0 Å². The third-order valence-corrected chi connectivity index (χ3v) is 5.67. The molecule has 3 aliphatic heterocycles. The van der Waals surface area contributed by atoms with Crippen molar-refractivity contribution in [2.24, 2.45) is 5.92 Å². The Morgan fingerprint density at radius 3 is 2.54 bits per heavy atom. The molecule has 3 fully saturated rings. The maximum absolute atomic E-state index is 12.6. The van der Waals surface area contributed by atoms with Gasteiger partial charge in [0, 0.05) is 12.6 Å². The topological polar surface area (TPSA) is 44.4 Å². The summed E-state index contributed by atoms with van der Waals surface area (Å²) >= 11 is 0. The van der Waals surface area contributed by atoms with Crippen LogP contribution in [0, 0.1) is 5.92 Å². The quantitative estimate of drug-likeness (QED) is 0.889. The minimum atomic E-state index is -0.386. The Labute approximate surface area is 146 Å². The lowest BCUT2D eigenvalue weighted by Gasteiger charge is -2.45. The minimum Gasteiger partial charge on any atom is -0.334 e. The van der Waals surface area contributed by atoms with Crippen LogP contribution in [-0.2, 0) is 5.54 Å². The molecule has 0 aliphatic carbocycles. The molecule has 4 rings (SSSR count). The summed E-state index contributed by atoms with van der Waals surface area (Å²) in [6.45, 7) is 11.9. The molecule has 0 aromatic heterocycles. The van der Waals surface area contributed by atoms with Crippen molar-refractivity contribution in [2.45, 2.75) is 58.0 Å². The van der Waals surface area contributed by atoms with Crippen LogP contribution in [0.15, 0.2) is 24.3 Å². The van der Waals surface area contributed by atoms with Crippen LogP contribution in [0.1, 0.15) is 57.6 Å². The largest absolute Gasteiger partial charge is 0.334 e. The SMILES string of the molecule is CC(C)c1cccc(C(C)(C)NC(=O)NC2CN3CCC2CC3)c1. The number of fused-ring (bicyclic) bond motifs is 3. The monoisotopic (exact) mass is 329 g/mol. The smallest absolute Gasteiger partial charge is 0.315 e. The molecule has 0 spiro atoms. The zero-order chi connectivity index (χ0) is 17.3. The summed E-state index contributed by atoms with van der Waals surface area (Å²) in [6.07, 6.45) is 2.43. The van der Waals surface area contributed by atoms with Gasteiger partial charge in [0.15, 0.2) is 0 Å². The van der Waals surface area contributed by atoms with E-state index in [1.807, 2.05) is 0 Å². The summed E-state index contributed by atoms with van der Waals surface area (Å²) in [4.78, 5) is 15.0.